The van der Waals surface area contributed by atoms with Crippen LogP contribution in [0.1, 0.15) is 39.8 Å². The van der Waals surface area contributed by atoms with E-state index in [-0.39, 0.29) is 5.63 Å². The maximum Gasteiger partial charge on any atom is 0.339 e. The number of hydrogen-bond acceptors (Lipinski definition) is 4. The van der Waals surface area contributed by atoms with E-state index >= 15 is 0 Å². The van der Waals surface area contributed by atoms with Crippen molar-refractivity contribution in [3.05, 3.63) is 104 Å². The lowest BCUT2D eigenvalue weighted by Crippen LogP contribution is -2.08. The number of ether oxygens (including phenoxy) is 2. The third-order valence-corrected chi connectivity index (χ3v) is 6.00. The third-order valence-electron chi connectivity index (χ3n) is 6.00. The zero-order valence-corrected chi connectivity index (χ0v) is 18.4. The first-order chi connectivity index (χ1) is 15.6. The van der Waals surface area contributed by atoms with Crippen LogP contribution in [0.3, 0.4) is 0 Å². The van der Waals surface area contributed by atoms with Crippen LogP contribution < -0.4 is 15.1 Å². The summed E-state index contributed by atoms with van der Waals surface area (Å²) in [7, 11) is 0. The van der Waals surface area contributed by atoms with Crippen LogP contribution in [0.4, 0.5) is 0 Å². The van der Waals surface area contributed by atoms with Gasteiger partial charge >= 0.3 is 5.63 Å². The first-order valence-electron chi connectivity index (χ1n) is 11.1. The van der Waals surface area contributed by atoms with Crippen molar-refractivity contribution in [2.75, 3.05) is 0 Å². The number of aryl methyl sites for hydroxylation is 3. The van der Waals surface area contributed by atoms with Gasteiger partial charge in [-0.1, -0.05) is 59.7 Å². The van der Waals surface area contributed by atoms with Crippen molar-refractivity contribution in [3.63, 3.8) is 0 Å². The lowest BCUT2D eigenvalue weighted by molar-refractivity contribution is 0.255. The second-order valence-electron chi connectivity index (χ2n) is 8.53. The molecular formula is C28H26O4. The molecule has 1 aliphatic carbocycles. The molecule has 0 spiro atoms. The molecule has 0 bridgehead atoms. The smallest absolute Gasteiger partial charge is 0.339 e. The Labute approximate surface area is 187 Å². The molecule has 1 heterocycles. The Balaban J connectivity index is 1.54. The Kier molecular flexibility index (Phi) is 5.44. The zero-order valence-electron chi connectivity index (χ0n) is 18.4. The van der Waals surface area contributed by atoms with Crippen molar-refractivity contribution in [1.82, 2.24) is 0 Å². The summed E-state index contributed by atoms with van der Waals surface area (Å²) < 4.78 is 18.2. The summed E-state index contributed by atoms with van der Waals surface area (Å²) in [6, 6.07) is 20.3. The highest BCUT2D eigenvalue weighted by Gasteiger charge is 2.23. The van der Waals surface area contributed by atoms with Crippen molar-refractivity contribution < 1.29 is 13.9 Å². The van der Waals surface area contributed by atoms with E-state index in [4.69, 9.17) is 13.9 Å². The maximum absolute atomic E-state index is 12.7. The fourth-order valence-corrected chi connectivity index (χ4v) is 4.47. The molecule has 5 rings (SSSR count). The standard InChI is InChI=1S/C28H26O4/c1-18-6-3-8-20(14-18)16-30-25-13-12-23-22-10-5-11-24(22)28(29)32-26(23)27(25)31-17-21-9-4-7-19(2)15-21/h3-4,6-9,12-15H,5,10-11,16-17H2,1-2H3. The second kappa shape index (κ2) is 8.54. The normalized spacial score (nSPS) is 12.7. The molecule has 32 heavy (non-hydrogen) atoms. The van der Waals surface area contributed by atoms with Gasteiger partial charge in [-0.15, -0.1) is 0 Å². The topological polar surface area (TPSA) is 48.7 Å². The monoisotopic (exact) mass is 426 g/mol. The average molecular weight is 427 g/mol. The Bertz CT molecular complexity index is 1350. The third kappa shape index (κ3) is 4.01. The Morgan fingerprint density at radius 2 is 1.47 bits per heavy atom. The molecule has 0 unspecified atom stereocenters. The predicted octanol–water partition coefficient (Wildman–Crippen LogP) is 6.06. The van der Waals surface area contributed by atoms with E-state index in [1.807, 2.05) is 36.4 Å². The molecule has 1 aromatic heterocycles. The molecule has 4 heteroatoms. The van der Waals surface area contributed by atoms with E-state index < -0.39 is 0 Å². The highest BCUT2D eigenvalue weighted by molar-refractivity contribution is 5.89. The number of benzene rings is 3. The van der Waals surface area contributed by atoms with Crippen LogP contribution in [0.2, 0.25) is 0 Å². The van der Waals surface area contributed by atoms with Crippen LogP contribution >= 0.6 is 0 Å². The van der Waals surface area contributed by atoms with Crippen LogP contribution in [0, 0.1) is 13.8 Å². The molecule has 1 aliphatic rings. The molecule has 3 aromatic carbocycles. The SMILES string of the molecule is Cc1cccc(COc2ccc3c4c(c(=O)oc3c2OCc2cccc(C)c2)CCC4)c1. The van der Waals surface area contributed by atoms with Gasteiger partial charge in [0.25, 0.3) is 0 Å². The van der Waals surface area contributed by atoms with Gasteiger partial charge in [-0.25, -0.2) is 4.79 Å². The van der Waals surface area contributed by atoms with E-state index in [9.17, 15) is 4.79 Å². The number of fused-ring (bicyclic) bond motifs is 3. The van der Waals surface area contributed by atoms with Gasteiger partial charge < -0.3 is 13.9 Å². The van der Waals surface area contributed by atoms with Crippen molar-refractivity contribution in [2.24, 2.45) is 0 Å². The summed E-state index contributed by atoms with van der Waals surface area (Å²) in [6.07, 6.45) is 2.64. The van der Waals surface area contributed by atoms with Gasteiger partial charge in [0.15, 0.2) is 11.3 Å². The Hall–Kier alpha value is -3.53. The van der Waals surface area contributed by atoms with Gasteiger partial charge in [0.1, 0.15) is 13.2 Å². The molecule has 0 amide bonds. The summed E-state index contributed by atoms with van der Waals surface area (Å²) in [5.41, 5.74) is 6.58. The quantitative estimate of drug-likeness (QED) is 0.352. The summed E-state index contributed by atoms with van der Waals surface area (Å²) in [4.78, 5) is 12.7. The molecule has 0 N–H and O–H groups in total. The highest BCUT2D eigenvalue weighted by atomic mass is 16.5. The van der Waals surface area contributed by atoms with Crippen molar-refractivity contribution in [3.8, 4) is 11.5 Å². The van der Waals surface area contributed by atoms with E-state index in [1.54, 1.807) is 0 Å². The molecule has 0 saturated carbocycles. The molecule has 0 atom stereocenters. The molecular weight excluding hydrogens is 400 g/mol. The average Bonchev–Trinajstić information content (AvgIpc) is 3.28. The van der Waals surface area contributed by atoms with E-state index in [2.05, 4.69) is 38.1 Å². The summed E-state index contributed by atoms with van der Waals surface area (Å²) in [5.74, 6) is 1.07. The fourth-order valence-electron chi connectivity index (χ4n) is 4.47. The lowest BCUT2D eigenvalue weighted by atomic mass is 10.1. The molecule has 0 fully saturated rings. The lowest BCUT2D eigenvalue weighted by Gasteiger charge is -2.16. The number of rotatable bonds is 6. The minimum Gasteiger partial charge on any atom is -0.485 e. The van der Waals surface area contributed by atoms with Crippen LogP contribution in [0.5, 0.6) is 11.5 Å². The molecule has 4 aromatic rings. The first kappa shape index (κ1) is 20.4. The van der Waals surface area contributed by atoms with Crippen LogP contribution in [0.25, 0.3) is 11.0 Å². The Morgan fingerprint density at radius 3 is 2.16 bits per heavy atom. The van der Waals surface area contributed by atoms with Crippen LogP contribution in [0.15, 0.2) is 69.9 Å². The minimum absolute atomic E-state index is 0.263. The summed E-state index contributed by atoms with van der Waals surface area (Å²) in [5, 5.41) is 0.944. The minimum atomic E-state index is -0.263. The Morgan fingerprint density at radius 1 is 0.812 bits per heavy atom. The van der Waals surface area contributed by atoms with Gasteiger partial charge in [0.05, 0.1) is 0 Å². The first-order valence-corrected chi connectivity index (χ1v) is 11.1. The van der Waals surface area contributed by atoms with Crippen LogP contribution in [-0.4, -0.2) is 0 Å². The van der Waals surface area contributed by atoms with Crippen molar-refractivity contribution in [2.45, 2.75) is 46.3 Å². The molecule has 162 valence electrons. The summed E-state index contributed by atoms with van der Waals surface area (Å²) >= 11 is 0. The van der Waals surface area contributed by atoms with E-state index in [1.165, 1.54) is 11.1 Å². The molecule has 0 saturated heterocycles. The zero-order chi connectivity index (χ0) is 22.1. The predicted molar refractivity (Wildman–Crippen MR) is 126 cm³/mol. The van der Waals surface area contributed by atoms with Gasteiger partial charge in [0, 0.05) is 10.9 Å². The number of hydrogen-bond donors (Lipinski definition) is 0. The van der Waals surface area contributed by atoms with Gasteiger partial charge in [-0.2, -0.15) is 0 Å². The molecule has 4 nitrogen and oxygen atoms in total. The fraction of sp³-hybridized carbons (Fsp3) is 0.250. The molecule has 0 aliphatic heterocycles. The van der Waals surface area contributed by atoms with Gasteiger partial charge in [-0.3, -0.25) is 0 Å². The largest absolute Gasteiger partial charge is 0.485 e. The van der Waals surface area contributed by atoms with Crippen LogP contribution in [-0.2, 0) is 26.1 Å². The highest BCUT2D eigenvalue weighted by Crippen LogP contribution is 2.39. The maximum atomic E-state index is 12.7. The van der Waals surface area contributed by atoms with Crippen molar-refractivity contribution >= 4 is 11.0 Å². The van der Waals surface area contributed by atoms with Gasteiger partial charge in [-0.05, 0) is 61.9 Å². The molecule has 0 radical (unpaired) electrons. The second-order valence-corrected chi connectivity index (χ2v) is 8.53. The van der Waals surface area contributed by atoms with E-state index in [0.717, 1.165) is 46.9 Å². The summed E-state index contributed by atoms with van der Waals surface area (Å²) in [6.45, 7) is 4.89. The van der Waals surface area contributed by atoms with Gasteiger partial charge in [0.2, 0.25) is 5.75 Å². The van der Waals surface area contributed by atoms with Crippen molar-refractivity contribution in [1.29, 1.82) is 0 Å². The van der Waals surface area contributed by atoms with E-state index in [0.29, 0.717) is 30.3 Å².